The van der Waals surface area contributed by atoms with Crippen molar-refractivity contribution in [1.82, 2.24) is 4.98 Å². The number of benzene rings is 2. The lowest BCUT2D eigenvalue weighted by atomic mass is 10.2. The number of amides is 1. The molecule has 0 atom stereocenters. The molecular weight excluding hydrogens is 307 g/mol. The number of aromatic nitrogens is 1. The maximum atomic E-state index is 13.6. The number of hydrogen-bond donors (Lipinski definition) is 1. The molecule has 1 heterocycles. The van der Waals surface area contributed by atoms with E-state index in [0.717, 1.165) is 15.1 Å². The second-order valence-corrected chi connectivity index (χ2v) is 6.20. The van der Waals surface area contributed by atoms with Gasteiger partial charge in [-0.25, -0.2) is 9.37 Å². The number of nitrogens with zero attached hydrogens (tertiary/aromatic N) is 1. The van der Waals surface area contributed by atoms with Crippen molar-refractivity contribution in [2.75, 3.05) is 11.6 Å². The molecule has 2 aromatic carbocycles. The smallest absolute Gasteiger partial charge is 0.260 e. The highest BCUT2D eigenvalue weighted by Gasteiger charge is 2.13. The summed E-state index contributed by atoms with van der Waals surface area (Å²) in [4.78, 5) is 17.5. The van der Waals surface area contributed by atoms with Gasteiger partial charge in [0.25, 0.3) is 5.91 Å². The van der Waals surface area contributed by atoms with Crippen LogP contribution in [0.2, 0.25) is 0 Å². The van der Waals surface area contributed by atoms with Crippen LogP contribution in [-0.2, 0) is 0 Å². The normalized spacial score (nSPS) is 10.8. The number of thiazole rings is 1. The van der Waals surface area contributed by atoms with Gasteiger partial charge in [-0.3, -0.25) is 10.1 Å². The number of carbonyl (C=O) groups excluding carboxylic acids is 1. The van der Waals surface area contributed by atoms with Crippen LogP contribution in [0.15, 0.2) is 47.4 Å². The van der Waals surface area contributed by atoms with Crippen molar-refractivity contribution in [2.24, 2.45) is 0 Å². The Balaban J connectivity index is 1.88. The van der Waals surface area contributed by atoms with E-state index in [1.807, 2.05) is 24.5 Å². The van der Waals surface area contributed by atoms with E-state index < -0.39 is 11.7 Å². The Morgan fingerprint density at radius 3 is 2.86 bits per heavy atom. The van der Waals surface area contributed by atoms with Gasteiger partial charge in [0, 0.05) is 4.90 Å². The van der Waals surface area contributed by atoms with Gasteiger partial charge < -0.3 is 0 Å². The van der Waals surface area contributed by atoms with Crippen molar-refractivity contribution in [3.05, 3.63) is 53.8 Å². The lowest BCUT2D eigenvalue weighted by molar-refractivity contribution is 0.102. The molecule has 6 heteroatoms. The molecule has 1 N–H and O–H groups in total. The van der Waals surface area contributed by atoms with Gasteiger partial charge in [0.15, 0.2) is 5.13 Å². The van der Waals surface area contributed by atoms with E-state index in [9.17, 15) is 9.18 Å². The van der Waals surface area contributed by atoms with Gasteiger partial charge in [-0.1, -0.05) is 23.5 Å². The first-order chi connectivity index (χ1) is 10.2. The van der Waals surface area contributed by atoms with E-state index in [4.69, 9.17) is 0 Å². The molecule has 0 saturated heterocycles. The predicted octanol–water partition coefficient (Wildman–Crippen LogP) is 4.41. The van der Waals surface area contributed by atoms with E-state index in [-0.39, 0.29) is 5.56 Å². The number of rotatable bonds is 3. The summed E-state index contributed by atoms with van der Waals surface area (Å²) in [6.45, 7) is 0. The summed E-state index contributed by atoms with van der Waals surface area (Å²) < 4.78 is 14.6. The van der Waals surface area contributed by atoms with Gasteiger partial charge in [0.1, 0.15) is 5.82 Å². The van der Waals surface area contributed by atoms with Gasteiger partial charge in [-0.15, -0.1) is 11.8 Å². The zero-order valence-corrected chi connectivity index (χ0v) is 12.7. The minimum Gasteiger partial charge on any atom is -0.298 e. The van der Waals surface area contributed by atoms with Crippen LogP contribution < -0.4 is 5.32 Å². The topological polar surface area (TPSA) is 42.0 Å². The number of nitrogens with one attached hydrogen (secondary N) is 1. The average Bonchev–Trinajstić information content (AvgIpc) is 2.88. The molecule has 3 aromatic rings. The van der Waals surface area contributed by atoms with Gasteiger partial charge >= 0.3 is 0 Å². The van der Waals surface area contributed by atoms with Crippen LogP contribution in [0.3, 0.4) is 0 Å². The molecule has 0 unspecified atom stereocenters. The van der Waals surface area contributed by atoms with Crippen molar-refractivity contribution in [2.45, 2.75) is 4.90 Å². The Morgan fingerprint density at radius 2 is 2.10 bits per heavy atom. The lowest BCUT2D eigenvalue weighted by Gasteiger charge is -2.02. The quantitative estimate of drug-likeness (QED) is 0.727. The van der Waals surface area contributed by atoms with Crippen LogP contribution in [0.1, 0.15) is 10.4 Å². The summed E-state index contributed by atoms with van der Waals surface area (Å²) >= 11 is 3.02. The van der Waals surface area contributed by atoms with Crippen molar-refractivity contribution < 1.29 is 9.18 Å². The minimum atomic E-state index is -0.541. The number of fused-ring (bicyclic) bond motifs is 1. The average molecular weight is 318 g/mol. The SMILES string of the molecule is CSc1ccc2nc(NC(=O)c3ccccc3F)sc2c1. The molecule has 0 spiro atoms. The Kier molecular flexibility index (Phi) is 3.90. The molecule has 0 bridgehead atoms. The third kappa shape index (κ3) is 2.91. The highest BCUT2D eigenvalue weighted by Crippen LogP contribution is 2.29. The molecule has 3 nitrogen and oxygen atoms in total. The molecule has 0 fully saturated rings. The second-order valence-electron chi connectivity index (χ2n) is 4.29. The molecule has 0 aliphatic heterocycles. The van der Waals surface area contributed by atoms with Crippen LogP contribution in [-0.4, -0.2) is 17.1 Å². The number of anilines is 1. The maximum Gasteiger partial charge on any atom is 0.260 e. The van der Waals surface area contributed by atoms with E-state index in [2.05, 4.69) is 10.3 Å². The Labute approximate surface area is 129 Å². The monoisotopic (exact) mass is 318 g/mol. The van der Waals surface area contributed by atoms with Gasteiger partial charge in [0.05, 0.1) is 15.8 Å². The standard InChI is InChI=1S/C15H11FN2OS2/c1-20-9-6-7-12-13(8-9)21-15(17-12)18-14(19)10-4-2-3-5-11(10)16/h2-8H,1H3,(H,17,18,19). The highest BCUT2D eigenvalue weighted by atomic mass is 32.2. The zero-order chi connectivity index (χ0) is 14.8. The van der Waals surface area contributed by atoms with Gasteiger partial charge in [-0.05, 0) is 36.6 Å². The molecule has 0 radical (unpaired) electrons. The van der Waals surface area contributed by atoms with Crippen LogP contribution >= 0.6 is 23.1 Å². The highest BCUT2D eigenvalue weighted by molar-refractivity contribution is 7.98. The minimum absolute atomic E-state index is 0.0153. The Bertz CT molecular complexity index is 816. The summed E-state index contributed by atoms with van der Waals surface area (Å²) in [7, 11) is 0. The third-order valence-corrected chi connectivity index (χ3v) is 4.59. The number of thioether (sulfide) groups is 1. The molecule has 1 aromatic heterocycles. The molecule has 0 aliphatic carbocycles. The molecule has 21 heavy (non-hydrogen) atoms. The van der Waals surface area contributed by atoms with Crippen molar-refractivity contribution in [3.8, 4) is 0 Å². The molecule has 3 rings (SSSR count). The summed E-state index contributed by atoms with van der Waals surface area (Å²) in [6, 6.07) is 11.8. The Morgan fingerprint density at radius 1 is 1.29 bits per heavy atom. The summed E-state index contributed by atoms with van der Waals surface area (Å²) in [6.07, 6.45) is 2.00. The first-order valence-electron chi connectivity index (χ1n) is 6.18. The molecule has 1 amide bonds. The predicted molar refractivity (Wildman–Crippen MR) is 85.8 cm³/mol. The van der Waals surface area contributed by atoms with Crippen LogP contribution in [0.25, 0.3) is 10.2 Å². The van der Waals surface area contributed by atoms with Crippen molar-refractivity contribution in [1.29, 1.82) is 0 Å². The molecule has 0 saturated carbocycles. The van der Waals surface area contributed by atoms with Crippen molar-refractivity contribution >= 4 is 44.4 Å². The second kappa shape index (κ2) is 5.83. The van der Waals surface area contributed by atoms with E-state index in [0.29, 0.717) is 5.13 Å². The summed E-state index contributed by atoms with van der Waals surface area (Å²) in [5, 5.41) is 3.12. The Hall–Kier alpha value is -1.92. The molecule has 106 valence electrons. The number of hydrogen-bond acceptors (Lipinski definition) is 4. The van der Waals surface area contributed by atoms with Crippen LogP contribution in [0.5, 0.6) is 0 Å². The molecular formula is C15H11FN2OS2. The number of halogens is 1. The van der Waals surface area contributed by atoms with Gasteiger partial charge in [0.2, 0.25) is 0 Å². The fraction of sp³-hybridized carbons (Fsp3) is 0.0667. The van der Waals surface area contributed by atoms with Crippen molar-refractivity contribution in [3.63, 3.8) is 0 Å². The van der Waals surface area contributed by atoms with E-state index >= 15 is 0 Å². The fourth-order valence-electron chi connectivity index (χ4n) is 1.90. The van der Waals surface area contributed by atoms with Crippen LogP contribution in [0, 0.1) is 5.82 Å². The zero-order valence-electron chi connectivity index (χ0n) is 11.1. The first-order valence-corrected chi connectivity index (χ1v) is 8.22. The summed E-state index contributed by atoms with van der Waals surface area (Å²) in [5.74, 6) is -1.03. The molecule has 0 aliphatic rings. The van der Waals surface area contributed by atoms with Crippen LogP contribution in [0.4, 0.5) is 9.52 Å². The summed E-state index contributed by atoms with van der Waals surface area (Å²) in [5.41, 5.74) is 0.836. The first kappa shape index (κ1) is 14.0. The largest absolute Gasteiger partial charge is 0.298 e. The van der Waals surface area contributed by atoms with E-state index in [1.54, 1.807) is 23.9 Å². The van der Waals surface area contributed by atoms with E-state index in [1.165, 1.54) is 23.5 Å². The number of carbonyl (C=O) groups is 1. The van der Waals surface area contributed by atoms with Gasteiger partial charge in [-0.2, -0.15) is 0 Å². The maximum absolute atomic E-state index is 13.6. The lowest BCUT2D eigenvalue weighted by Crippen LogP contribution is -2.13. The third-order valence-electron chi connectivity index (χ3n) is 2.93. The fourth-order valence-corrected chi connectivity index (χ4v) is 3.31.